The van der Waals surface area contributed by atoms with E-state index in [4.69, 9.17) is 0 Å². The molecule has 2 heterocycles. The van der Waals surface area contributed by atoms with E-state index < -0.39 is 22.9 Å². The third-order valence-electron chi connectivity index (χ3n) is 4.97. The second-order valence-corrected chi connectivity index (χ2v) is 6.71. The summed E-state index contributed by atoms with van der Waals surface area (Å²) in [5.74, 6) is -1.85. The van der Waals surface area contributed by atoms with Gasteiger partial charge in [0.2, 0.25) is 0 Å². The van der Waals surface area contributed by atoms with E-state index in [-0.39, 0.29) is 69.0 Å². The standard InChI is InChI=1S/C20H16FNO4.K/c1-10-6-12(21)9-22-18(10)16(8-17(19(22)24)20(25)26)15-7-14(15)11-2-4-13(23)5-3-11;/h2-6,8-9,14-15,23H,7H2,1H3,(H,25,26);/q;+1/p-1. The Bertz CT molecular complexity index is 1110. The van der Waals surface area contributed by atoms with Gasteiger partial charge in [-0.15, -0.1) is 0 Å². The molecule has 0 aliphatic heterocycles. The largest absolute Gasteiger partial charge is 1.00 e. The van der Waals surface area contributed by atoms with E-state index in [0.717, 1.165) is 22.6 Å². The molecule has 3 aromatic rings. The number of hydrogen-bond acceptors (Lipinski definition) is 4. The fourth-order valence-corrected chi connectivity index (χ4v) is 3.69. The first-order valence-electron chi connectivity index (χ1n) is 8.22. The Kier molecular flexibility index (Phi) is 5.61. The molecular weight excluding hydrogens is 376 g/mol. The van der Waals surface area contributed by atoms with Crippen LogP contribution in [0.5, 0.6) is 5.75 Å². The van der Waals surface area contributed by atoms with Crippen molar-refractivity contribution >= 4 is 11.5 Å². The number of aromatic nitrogens is 1. The Hall–Kier alpha value is -1.51. The number of aromatic carboxylic acids is 1. The van der Waals surface area contributed by atoms with E-state index in [2.05, 4.69) is 0 Å². The molecule has 0 radical (unpaired) electrons. The summed E-state index contributed by atoms with van der Waals surface area (Å²) in [6.07, 6.45) is 1.79. The molecule has 1 fully saturated rings. The molecule has 0 bridgehead atoms. The maximum atomic E-state index is 13.8. The van der Waals surface area contributed by atoms with Gasteiger partial charge in [-0.3, -0.25) is 9.20 Å². The predicted molar refractivity (Wildman–Crippen MR) is 90.9 cm³/mol. The second kappa shape index (κ2) is 7.48. The maximum Gasteiger partial charge on any atom is 1.00 e. The fraction of sp³-hybridized carbons (Fsp3) is 0.200. The number of phenolic OH excluding ortho intramolecular Hbond substituents is 1. The number of benzene rings is 1. The van der Waals surface area contributed by atoms with Gasteiger partial charge in [0.25, 0.3) is 5.56 Å². The smallest absolute Gasteiger partial charge is 0.545 e. The minimum atomic E-state index is -1.57. The number of carboxylic acid groups (broad SMARTS) is 1. The molecule has 0 amide bonds. The van der Waals surface area contributed by atoms with Crippen LogP contribution in [0.25, 0.3) is 5.52 Å². The van der Waals surface area contributed by atoms with Crippen LogP contribution in [-0.2, 0) is 0 Å². The molecule has 1 aliphatic carbocycles. The quantitative estimate of drug-likeness (QED) is 0.587. The number of rotatable bonds is 3. The number of carbonyl (C=O) groups excluding carboxylic acids is 1. The first-order chi connectivity index (χ1) is 12.4. The van der Waals surface area contributed by atoms with Crippen molar-refractivity contribution in [1.29, 1.82) is 0 Å². The average Bonchev–Trinajstić information content (AvgIpc) is 3.36. The number of nitrogens with zero attached hydrogens (tertiary/aromatic N) is 1. The second-order valence-electron chi connectivity index (χ2n) is 6.71. The van der Waals surface area contributed by atoms with Crippen LogP contribution in [0, 0.1) is 12.7 Å². The van der Waals surface area contributed by atoms with Crippen LogP contribution in [0.4, 0.5) is 4.39 Å². The molecule has 1 saturated carbocycles. The summed E-state index contributed by atoms with van der Waals surface area (Å²) in [6, 6.07) is 9.54. The molecule has 4 rings (SSSR count). The summed E-state index contributed by atoms with van der Waals surface area (Å²) in [7, 11) is 0. The third-order valence-corrected chi connectivity index (χ3v) is 4.97. The summed E-state index contributed by atoms with van der Waals surface area (Å²) >= 11 is 0. The third kappa shape index (κ3) is 3.62. The van der Waals surface area contributed by atoms with Gasteiger partial charge in [0, 0.05) is 6.20 Å². The molecule has 1 aromatic carbocycles. The zero-order valence-electron chi connectivity index (χ0n) is 14.9. The Morgan fingerprint density at radius 2 is 1.89 bits per heavy atom. The molecule has 27 heavy (non-hydrogen) atoms. The van der Waals surface area contributed by atoms with Crippen molar-refractivity contribution in [2.24, 2.45) is 0 Å². The molecule has 5 nitrogen and oxygen atoms in total. The first kappa shape index (κ1) is 20.2. The van der Waals surface area contributed by atoms with Gasteiger partial charge < -0.3 is 15.0 Å². The Morgan fingerprint density at radius 3 is 2.52 bits per heavy atom. The number of fused-ring (bicyclic) bond motifs is 1. The molecule has 2 unspecified atom stereocenters. The predicted octanol–water partition coefficient (Wildman–Crippen LogP) is -0.909. The number of hydrogen-bond donors (Lipinski definition) is 1. The van der Waals surface area contributed by atoms with Crippen molar-refractivity contribution in [2.75, 3.05) is 0 Å². The van der Waals surface area contributed by atoms with E-state index in [1.807, 2.05) is 12.1 Å². The van der Waals surface area contributed by atoms with Crippen LogP contribution < -0.4 is 62.1 Å². The molecule has 7 heteroatoms. The van der Waals surface area contributed by atoms with Crippen molar-refractivity contribution in [3.05, 3.63) is 81.0 Å². The number of phenols is 1. The van der Waals surface area contributed by atoms with Gasteiger partial charge in [-0.25, -0.2) is 4.39 Å². The summed E-state index contributed by atoms with van der Waals surface area (Å²) in [4.78, 5) is 23.8. The molecule has 2 aromatic heterocycles. The minimum Gasteiger partial charge on any atom is -0.545 e. The first-order valence-corrected chi connectivity index (χ1v) is 8.22. The maximum absolute atomic E-state index is 13.8. The number of halogens is 1. The zero-order chi connectivity index (χ0) is 18.6. The topological polar surface area (TPSA) is 81.8 Å². The van der Waals surface area contributed by atoms with Gasteiger partial charge in [-0.1, -0.05) is 12.1 Å². The van der Waals surface area contributed by atoms with Crippen LogP contribution in [0.2, 0.25) is 0 Å². The molecular formula is C20H15FKNO4. The van der Waals surface area contributed by atoms with Gasteiger partial charge >= 0.3 is 51.4 Å². The summed E-state index contributed by atoms with van der Waals surface area (Å²) in [6.45, 7) is 1.69. The van der Waals surface area contributed by atoms with Crippen LogP contribution >= 0.6 is 0 Å². The number of carbonyl (C=O) groups is 1. The van der Waals surface area contributed by atoms with E-state index >= 15 is 0 Å². The van der Waals surface area contributed by atoms with E-state index in [0.29, 0.717) is 16.6 Å². The van der Waals surface area contributed by atoms with E-state index in [1.54, 1.807) is 19.1 Å². The van der Waals surface area contributed by atoms with Gasteiger partial charge in [-0.05, 0) is 66.1 Å². The van der Waals surface area contributed by atoms with Crippen molar-refractivity contribution in [2.45, 2.75) is 25.2 Å². The van der Waals surface area contributed by atoms with Gasteiger partial charge in [0.05, 0.1) is 17.0 Å². The van der Waals surface area contributed by atoms with Crippen LogP contribution in [0.3, 0.4) is 0 Å². The molecule has 2 atom stereocenters. The summed E-state index contributed by atoms with van der Waals surface area (Å²) in [5.41, 5.74) is 1.55. The monoisotopic (exact) mass is 391 g/mol. The van der Waals surface area contributed by atoms with Crippen molar-refractivity contribution in [3.63, 3.8) is 0 Å². The van der Waals surface area contributed by atoms with Crippen LogP contribution in [0.15, 0.2) is 47.4 Å². The van der Waals surface area contributed by atoms with E-state index in [1.165, 1.54) is 12.1 Å². The van der Waals surface area contributed by atoms with Crippen molar-refractivity contribution in [1.82, 2.24) is 4.40 Å². The Balaban J connectivity index is 0.00000210. The van der Waals surface area contributed by atoms with E-state index in [9.17, 15) is 24.2 Å². The molecule has 0 spiro atoms. The van der Waals surface area contributed by atoms with Gasteiger partial charge in [0.15, 0.2) is 0 Å². The SMILES string of the molecule is Cc1cc(F)cn2c(=O)c(C(=O)[O-])cc(C3CC3c3ccc(O)cc3)c12.[K+]. The molecule has 1 aliphatic rings. The van der Waals surface area contributed by atoms with Crippen LogP contribution in [-0.4, -0.2) is 15.5 Å². The van der Waals surface area contributed by atoms with Gasteiger partial charge in [0.1, 0.15) is 11.6 Å². The fourth-order valence-electron chi connectivity index (χ4n) is 3.69. The Labute approximate surface area is 196 Å². The number of aromatic hydroxyl groups is 1. The number of pyridine rings is 2. The molecule has 1 N–H and O–H groups in total. The average molecular weight is 391 g/mol. The van der Waals surface area contributed by atoms with Crippen molar-refractivity contribution < 1.29 is 70.8 Å². The van der Waals surface area contributed by atoms with Crippen LogP contribution in [0.1, 0.15) is 45.3 Å². The Morgan fingerprint density at radius 1 is 1.22 bits per heavy atom. The molecule has 0 saturated heterocycles. The summed E-state index contributed by atoms with van der Waals surface area (Å²) in [5, 5.41) is 20.8. The number of aryl methyl sites for hydroxylation is 1. The number of carboxylic acids is 1. The van der Waals surface area contributed by atoms with Gasteiger partial charge in [-0.2, -0.15) is 0 Å². The zero-order valence-corrected chi connectivity index (χ0v) is 18.0. The molecule has 132 valence electrons. The van der Waals surface area contributed by atoms with Crippen molar-refractivity contribution in [3.8, 4) is 5.75 Å². The summed E-state index contributed by atoms with van der Waals surface area (Å²) < 4.78 is 14.9. The minimum absolute atomic E-state index is 0. The normalized spacial score (nSPS) is 18.1.